The molecule has 0 aliphatic heterocycles. The fourth-order valence-electron chi connectivity index (χ4n) is 3.72. The summed E-state index contributed by atoms with van der Waals surface area (Å²) in [4.78, 5) is 0. The van der Waals surface area contributed by atoms with Gasteiger partial charge in [-0.3, -0.25) is 0 Å². The van der Waals surface area contributed by atoms with Crippen LogP contribution in [0.1, 0.15) is 23.1 Å². The molecule has 0 heterocycles. The van der Waals surface area contributed by atoms with Crippen molar-refractivity contribution in [3.05, 3.63) is 77.4 Å². The van der Waals surface area contributed by atoms with Crippen LogP contribution in [0.4, 0.5) is 0 Å². The summed E-state index contributed by atoms with van der Waals surface area (Å²) in [6, 6.07) is 20.2. The van der Waals surface area contributed by atoms with Crippen molar-refractivity contribution in [1.82, 2.24) is 0 Å². The lowest BCUT2D eigenvalue weighted by atomic mass is 9.94. The molecule has 0 aliphatic rings. The minimum atomic E-state index is -0.0658. The van der Waals surface area contributed by atoms with Crippen molar-refractivity contribution in [3.8, 4) is 28.4 Å². The molecular weight excluding hydrogens is 364 g/mol. The van der Waals surface area contributed by atoms with Crippen LogP contribution in [0, 0.1) is 0 Å². The van der Waals surface area contributed by atoms with E-state index in [-0.39, 0.29) is 6.61 Å². The Balaban J connectivity index is 2.01. The SMILES string of the molecule is COc1cc(CCCc2ccccc2)c(OC)c(OC)c1-c1ccccc1CO. The molecule has 0 spiro atoms. The van der Waals surface area contributed by atoms with Crippen molar-refractivity contribution in [3.63, 3.8) is 0 Å². The van der Waals surface area contributed by atoms with Crippen LogP contribution >= 0.6 is 0 Å². The van der Waals surface area contributed by atoms with Crippen LogP contribution in [0.3, 0.4) is 0 Å². The normalized spacial score (nSPS) is 10.6. The fourth-order valence-corrected chi connectivity index (χ4v) is 3.72. The molecule has 3 rings (SSSR count). The molecule has 0 fully saturated rings. The van der Waals surface area contributed by atoms with E-state index in [1.165, 1.54) is 5.56 Å². The molecule has 29 heavy (non-hydrogen) atoms. The van der Waals surface area contributed by atoms with Crippen LogP contribution in [0.2, 0.25) is 0 Å². The third kappa shape index (κ3) is 4.54. The minimum Gasteiger partial charge on any atom is -0.496 e. The molecule has 4 heteroatoms. The van der Waals surface area contributed by atoms with Gasteiger partial charge in [-0.2, -0.15) is 0 Å². The predicted octanol–water partition coefficient (Wildman–Crippen LogP) is 5.05. The maximum absolute atomic E-state index is 9.80. The van der Waals surface area contributed by atoms with E-state index in [0.717, 1.165) is 41.5 Å². The first-order chi connectivity index (χ1) is 14.2. The monoisotopic (exact) mass is 392 g/mol. The Labute approximate surface area is 172 Å². The average molecular weight is 392 g/mol. The Kier molecular flexibility index (Phi) is 7.14. The van der Waals surface area contributed by atoms with Crippen LogP contribution in [-0.4, -0.2) is 26.4 Å². The van der Waals surface area contributed by atoms with Gasteiger partial charge < -0.3 is 19.3 Å². The van der Waals surface area contributed by atoms with Gasteiger partial charge >= 0.3 is 0 Å². The van der Waals surface area contributed by atoms with E-state index >= 15 is 0 Å². The van der Waals surface area contributed by atoms with Crippen molar-refractivity contribution >= 4 is 0 Å². The molecule has 0 aromatic heterocycles. The first-order valence-corrected chi connectivity index (χ1v) is 9.78. The summed E-state index contributed by atoms with van der Waals surface area (Å²) in [5.74, 6) is 2.05. The number of rotatable bonds is 9. The van der Waals surface area contributed by atoms with E-state index in [0.29, 0.717) is 17.2 Å². The van der Waals surface area contributed by atoms with Gasteiger partial charge in [-0.15, -0.1) is 0 Å². The number of aliphatic hydroxyl groups is 1. The van der Waals surface area contributed by atoms with Gasteiger partial charge in [0.2, 0.25) is 0 Å². The molecule has 3 aromatic carbocycles. The largest absolute Gasteiger partial charge is 0.496 e. The van der Waals surface area contributed by atoms with Crippen LogP contribution in [0.5, 0.6) is 17.2 Å². The van der Waals surface area contributed by atoms with E-state index in [1.54, 1.807) is 21.3 Å². The van der Waals surface area contributed by atoms with E-state index < -0.39 is 0 Å². The first-order valence-electron chi connectivity index (χ1n) is 9.78. The van der Waals surface area contributed by atoms with Crippen molar-refractivity contribution < 1.29 is 19.3 Å². The third-order valence-corrected chi connectivity index (χ3v) is 5.12. The molecule has 0 atom stereocenters. The summed E-state index contributed by atoms with van der Waals surface area (Å²) < 4.78 is 17.3. The summed E-state index contributed by atoms with van der Waals surface area (Å²) in [7, 11) is 4.95. The number of hydrogen-bond donors (Lipinski definition) is 1. The zero-order valence-corrected chi connectivity index (χ0v) is 17.3. The second-order valence-corrected chi connectivity index (χ2v) is 6.83. The minimum absolute atomic E-state index is 0.0658. The number of methoxy groups -OCH3 is 3. The highest BCUT2D eigenvalue weighted by atomic mass is 16.5. The smallest absolute Gasteiger partial charge is 0.172 e. The van der Waals surface area contributed by atoms with Gasteiger partial charge in [0.15, 0.2) is 11.5 Å². The molecule has 3 aromatic rings. The summed E-state index contributed by atoms with van der Waals surface area (Å²) in [5.41, 5.74) is 4.84. The molecule has 0 radical (unpaired) electrons. The Morgan fingerprint density at radius 2 is 1.41 bits per heavy atom. The summed E-state index contributed by atoms with van der Waals surface area (Å²) in [6.07, 6.45) is 2.82. The van der Waals surface area contributed by atoms with E-state index in [2.05, 4.69) is 24.3 Å². The Hall–Kier alpha value is -2.98. The van der Waals surface area contributed by atoms with E-state index in [1.807, 2.05) is 36.4 Å². The lowest BCUT2D eigenvalue weighted by molar-refractivity contribution is 0.282. The van der Waals surface area contributed by atoms with E-state index in [9.17, 15) is 5.11 Å². The predicted molar refractivity (Wildman–Crippen MR) is 116 cm³/mol. The van der Waals surface area contributed by atoms with Gasteiger partial charge in [-0.05, 0) is 42.0 Å². The quantitative estimate of drug-likeness (QED) is 0.554. The number of aliphatic hydroxyl groups excluding tert-OH is 1. The second kappa shape index (κ2) is 9.99. The summed E-state index contributed by atoms with van der Waals surface area (Å²) in [6.45, 7) is -0.0658. The maximum Gasteiger partial charge on any atom is 0.172 e. The Morgan fingerprint density at radius 1 is 0.724 bits per heavy atom. The summed E-state index contributed by atoms with van der Waals surface area (Å²) in [5, 5.41) is 9.80. The average Bonchev–Trinajstić information content (AvgIpc) is 2.78. The molecule has 0 unspecified atom stereocenters. The molecule has 0 saturated heterocycles. The van der Waals surface area contributed by atoms with Crippen molar-refractivity contribution in [2.45, 2.75) is 25.9 Å². The second-order valence-electron chi connectivity index (χ2n) is 6.83. The zero-order chi connectivity index (χ0) is 20.6. The lowest BCUT2D eigenvalue weighted by Gasteiger charge is -2.21. The van der Waals surface area contributed by atoms with Gasteiger partial charge in [0.25, 0.3) is 0 Å². The van der Waals surface area contributed by atoms with Crippen LogP contribution in [0.15, 0.2) is 60.7 Å². The molecule has 0 saturated carbocycles. The van der Waals surface area contributed by atoms with Gasteiger partial charge in [0.1, 0.15) is 5.75 Å². The molecule has 0 aliphatic carbocycles. The van der Waals surface area contributed by atoms with Crippen LogP contribution in [0.25, 0.3) is 11.1 Å². The van der Waals surface area contributed by atoms with Gasteiger partial charge in [-0.1, -0.05) is 54.6 Å². The molecule has 152 valence electrons. The Morgan fingerprint density at radius 3 is 2.07 bits per heavy atom. The lowest BCUT2D eigenvalue weighted by Crippen LogP contribution is -2.03. The highest BCUT2D eigenvalue weighted by Crippen LogP contribution is 2.48. The van der Waals surface area contributed by atoms with Crippen molar-refractivity contribution in [1.29, 1.82) is 0 Å². The van der Waals surface area contributed by atoms with Gasteiger partial charge in [0.05, 0.1) is 33.5 Å². The molecular formula is C25H28O4. The standard InChI is InChI=1S/C25H28O4/c1-27-22-16-19(14-9-12-18-10-5-4-6-11-18)24(28-2)25(29-3)23(22)21-15-8-7-13-20(21)17-26/h4-8,10-11,13,15-16,26H,9,12,14,17H2,1-3H3. The maximum atomic E-state index is 9.80. The fraction of sp³-hybridized carbons (Fsp3) is 0.280. The zero-order valence-electron chi connectivity index (χ0n) is 17.3. The van der Waals surface area contributed by atoms with Gasteiger partial charge in [0, 0.05) is 5.56 Å². The summed E-state index contributed by atoms with van der Waals surface area (Å²) >= 11 is 0. The van der Waals surface area contributed by atoms with Gasteiger partial charge in [-0.25, -0.2) is 0 Å². The van der Waals surface area contributed by atoms with E-state index in [4.69, 9.17) is 14.2 Å². The highest BCUT2D eigenvalue weighted by molar-refractivity contribution is 5.83. The first kappa shape index (κ1) is 20.7. The number of benzene rings is 3. The molecule has 1 N–H and O–H groups in total. The molecule has 4 nitrogen and oxygen atoms in total. The third-order valence-electron chi connectivity index (χ3n) is 5.12. The molecule has 0 bridgehead atoms. The number of ether oxygens (including phenoxy) is 3. The van der Waals surface area contributed by atoms with Crippen molar-refractivity contribution in [2.24, 2.45) is 0 Å². The highest BCUT2D eigenvalue weighted by Gasteiger charge is 2.23. The van der Waals surface area contributed by atoms with Crippen molar-refractivity contribution in [2.75, 3.05) is 21.3 Å². The Bertz CT molecular complexity index is 935. The topological polar surface area (TPSA) is 47.9 Å². The number of hydrogen-bond acceptors (Lipinski definition) is 4. The van der Waals surface area contributed by atoms with Crippen LogP contribution < -0.4 is 14.2 Å². The molecule has 0 amide bonds. The van der Waals surface area contributed by atoms with Crippen LogP contribution in [-0.2, 0) is 19.4 Å². The number of aryl methyl sites for hydroxylation is 2.